The van der Waals surface area contributed by atoms with Crippen molar-refractivity contribution in [1.29, 1.82) is 0 Å². The maximum absolute atomic E-state index is 14.8. The van der Waals surface area contributed by atoms with Gasteiger partial charge in [0.2, 0.25) is 5.82 Å². The molecule has 1 amide bonds. The second-order valence-corrected chi connectivity index (χ2v) is 8.13. The van der Waals surface area contributed by atoms with Gasteiger partial charge in [-0.2, -0.15) is 19.5 Å². The number of benzene rings is 1. The van der Waals surface area contributed by atoms with Crippen LogP contribution in [0.15, 0.2) is 24.4 Å². The lowest BCUT2D eigenvalue weighted by atomic mass is 10.0. The highest BCUT2D eigenvalue weighted by molar-refractivity contribution is 7.53. The molecule has 1 atom stereocenters. The number of halogens is 3. The van der Waals surface area contributed by atoms with Crippen LogP contribution < -0.4 is 4.90 Å². The molecule has 0 aliphatic carbocycles. The SMILES string of the molecule is Cn1nnc(-c2ccc(-c3c(F)cc(N4C[C@H](CO[P+](O)(O)O)OC4=O)c(F)c3F)cn2)n1. The van der Waals surface area contributed by atoms with E-state index in [1.807, 2.05) is 0 Å². The summed E-state index contributed by atoms with van der Waals surface area (Å²) in [5.74, 6) is -4.07. The molecule has 2 aromatic heterocycles. The summed E-state index contributed by atoms with van der Waals surface area (Å²) in [5.41, 5.74) is -1.23. The van der Waals surface area contributed by atoms with Crippen molar-refractivity contribution in [2.75, 3.05) is 18.1 Å². The van der Waals surface area contributed by atoms with Gasteiger partial charge in [0.1, 0.15) is 24.2 Å². The number of ether oxygens (including phenoxy) is 1. The first-order chi connectivity index (χ1) is 15.5. The Balaban J connectivity index is 1.60. The molecule has 12 nitrogen and oxygen atoms in total. The topological polar surface area (TPSA) is 156 Å². The van der Waals surface area contributed by atoms with Crippen LogP contribution in [-0.2, 0) is 16.3 Å². The zero-order valence-electron chi connectivity index (χ0n) is 16.6. The third-order valence-electron chi connectivity index (χ3n) is 4.53. The van der Waals surface area contributed by atoms with E-state index < -0.39 is 62.2 Å². The fraction of sp³-hybridized carbons (Fsp3) is 0.235. The fourth-order valence-corrected chi connectivity index (χ4v) is 3.46. The Hall–Kier alpha value is -3.23. The highest BCUT2D eigenvalue weighted by Gasteiger charge is 2.40. The molecule has 3 aromatic rings. The van der Waals surface area contributed by atoms with Crippen LogP contribution in [0.25, 0.3) is 22.6 Å². The number of cyclic esters (lactones) is 1. The van der Waals surface area contributed by atoms with E-state index in [9.17, 15) is 18.0 Å². The Morgan fingerprint density at radius 2 is 2.00 bits per heavy atom. The Morgan fingerprint density at radius 3 is 2.61 bits per heavy atom. The van der Waals surface area contributed by atoms with Crippen LogP contribution in [0, 0.1) is 17.5 Å². The van der Waals surface area contributed by atoms with Crippen LogP contribution >= 0.6 is 8.17 Å². The molecule has 3 N–H and O–H groups in total. The van der Waals surface area contributed by atoms with Crippen molar-refractivity contribution in [3.8, 4) is 22.6 Å². The molecule has 0 saturated carbocycles. The van der Waals surface area contributed by atoms with Gasteiger partial charge in [-0.05, 0) is 11.3 Å². The standard InChI is InChI=1S/C17H15F3N6O6P/c1-25-23-16(22-24-25)11-3-2-8(5-21-11)13-10(18)4-12(14(19)15(13)20)26-6-9(32-17(26)27)7-31-33(28,29)30/h2-5,9,28-30H,6-7H2,1H3/q+1/t9-/m1/s1. The third-order valence-corrected chi connectivity index (χ3v) is 5.02. The largest absolute Gasteiger partial charge is 0.567 e. The smallest absolute Gasteiger partial charge is 0.441 e. The van der Waals surface area contributed by atoms with E-state index in [0.717, 1.165) is 6.20 Å². The van der Waals surface area contributed by atoms with Gasteiger partial charge in [-0.1, -0.05) is 6.07 Å². The zero-order chi connectivity index (χ0) is 23.9. The number of aryl methyl sites for hydroxylation is 1. The molecule has 1 aliphatic rings. The molecule has 0 bridgehead atoms. The molecule has 1 aromatic carbocycles. The van der Waals surface area contributed by atoms with E-state index in [1.165, 1.54) is 16.9 Å². The lowest BCUT2D eigenvalue weighted by molar-refractivity contribution is 0.0768. The van der Waals surface area contributed by atoms with E-state index in [1.54, 1.807) is 7.05 Å². The van der Waals surface area contributed by atoms with Crippen LogP contribution in [0.4, 0.5) is 23.7 Å². The van der Waals surface area contributed by atoms with E-state index in [-0.39, 0.29) is 17.1 Å². The molecule has 3 heterocycles. The molecule has 1 saturated heterocycles. The Bertz CT molecular complexity index is 1210. The number of carbonyl (C=O) groups excluding carboxylic acids is 1. The number of nitrogens with zero attached hydrogens (tertiary/aromatic N) is 6. The van der Waals surface area contributed by atoms with E-state index in [2.05, 4.69) is 24.9 Å². The monoisotopic (exact) mass is 487 g/mol. The minimum absolute atomic E-state index is 0.0764. The number of anilines is 1. The summed E-state index contributed by atoms with van der Waals surface area (Å²) in [4.78, 5) is 44.4. The molecule has 0 spiro atoms. The third kappa shape index (κ3) is 4.77. The van der Waals surface area contributed by atoms with Gasteiger partial charge in [-0.25, -0.2) is 18.0 Å². The number of hydrogen-bond acceptors (Lipinski definition) is 10. The number of amides is 1. The van der Waals surface area contributed by atoms with Crippen molar-refractivity contribution in [3.05, 3.63) is 41.8 Å². The number of tetrazole rings is 1. The van der Waals surface area contributed by atoms with Crippen molar-refractivity contribution in [1.82, 2.24) is 25.2 Å². The summed E-state index contributed by atoms with van der Waals surface area (Å²) in [5, 5.41) is 11.4. The molecule has 1 fully saturated rings. The van der Waals surface area contributed by atoms with Crippen molar-refractivity contribution in [3.63, 3.8) is 0 Å². The number of aromatic nitrogens is 5. The van der Waals surface area contributed by atoms with Crippen LogP contribution in [0.2, 0.25) is 0 Å². The van der Waals surface area contributed by atoms with Gasteiger partial charge in [0.05, 0.1) is 24.8 Å². The molecule has 0 unspecified atom stereocenters. The van der Waals surface area contributed by atoms with Gasteiger partial charge in [-0.3, -0.25) is 9.88 Å². The van der Waals surface area contributed by atoms with Gasteiger partial charge < -0.3 is 4.74 Å². The molecule has 0 radical (unpaired) electrons. The number of hydrogen-bond donors (Lipinski definition) is 3. The maximum Gasteiger partial charge on any atom is 0.567 e. The molecule has 4 rings (SSSR count). The lowest BCUT2D eigenvalue weighted by Gasteiger charge is -2.16. The number of carbonyl (C=O) groups is 1. The quantitative estimate of drug-likeness (QED) is 0.343. The predicted octanol–water partition coefficient (Wildman–Crippen LogP) is 1.35. The highest BCUT2D eigenvalue weighted by Crippen LogP contribution is 2.46. The Kier molecular flexibility index (Phi) is 5.99. The minimum Gasteiger partial charge on any atom is -0.441 e. The van der Waals surface area contributed by atoms with E-state index in [0.29, 0.717) is 11.0 Å². The molecular weight excluding hydrogens is 472 g/mol. The van der Waals surface area contributed by atoms with E-state index >= 15 is 0 Å². The van der Waals surface area contributed by atoms with Crippen molar-refractivity contribution >= 4 is 20.0 Å². The van der Waals surface area contributed by atoms with Crippen LogP contribution in [0.1, 0.15) is 0 Å². The van der Waals surface area contributed by atoms with Crippen LogP contribution in [0.5, 0.6) is 0 Å². The zero-order valence-corrected chi connectivity index (χ0v) is 17.5. The first-order valence-corrected chi connectivity index (χ1v) is 10.7. The average Bonchev–Trinajstić information content (AvgIpc) is 3.35. The van der Waals surface area contributed by atoms with Gasteiger partial charge in [0, 0.05) is 17.8 Å². The molecular formula is C17H15F3N6O6P+. The van der Waals surface area contributed by atoms with Gasteiger partial charge in [-0.15, -0.1) is 14.7 Å². The summed E-state index contributed by atoms with van der Waals surface area (Å²) < 4.78 is 53.7. The first-order valence-electron chi connectivity index (χ1n) is 9.12. The number of pyridine rings is 1. The lowest BCUT2D eigenvalue weighted by Crippen LogP contribution is -2.27. The average molecular weight is 487 g/mol. The van der Waals surface area contributed by atoms with Crippen LogP contribution in [-0.4, -0.2) is 65.2 Å². The molecule has 33 heavy (non-hydrogen) atoms. The van der Waals surface area contributed by atoms with Crippen molar-refractivity contribution < 1.29 is 41.9 Å². The fourth-order valence-electron chi connectivity index (χ4n) is 3.09. The Morgan fingerprint density at radius 1 is 1.24 bits per heavy atom. The van der Waals surface area contributed by atoms with E-state index in [4.69, 9.17) is 19.4 Å². The second-order valence-electron chi connectivity index (χ2n) is 6.84. The molecule has 16 heteroatoms. The van der Waals surface area contributed by atoms with Crippen molar-refractivity contribution in [2.45, 2.75) is 6.10 Å². The maximum atomic E-state index is 14.8. The number of rotatable bonds is 6. The summed E-state index contributed by atoms with van der Waals surface area (Å²) in [6, 6.07) is 3.30. The van der Waals surface area contributed by atoms with Gasteiger partial charge in [0.15, 0.2) is 11.6 Å². The summed E-state index contributed by atoms with van der Waals surface area (Å²) in [6.07, 6.45) is -1.19. The molecule has 174 valence electrons. The Labute approximate surface area is 183 Å². The normalized spacial score (nSPS) is 16.4. The molecule has 1 aliphatic heterocycles. The summed E-state index contributed by atoms with van der Waals surface area (Å²) in [6.45, 7) is -1.06. The first kappa shape index (κ1) is 22.9. The van der Waals surface area contributed by atoms with Gasteiger partial charge >= 0.3 is 14.3 Å². The summed E-state index contributed by atoms with van der Waals surface area (Å²) >= 11 is 0. The minimum atomic E-state index is -4.59. The van der Waals surface area contributed by atoms with Crippen LogP contribution in [0.3, 0.4) is 0 Å². The predicted molar refractivity (Wildman–Crippen MR) is 104 cm³/mol. The summed E-state index contributed by atoms with van der Waals surface area (Å²) in [7, 11) is -3.04. The highest BCUT2D eigenvalue weighted by atomic mass is 31.2. The van der Waals surface area contributed by atoms with Gasteiger partial charge in [0.25, 0.3) is 0 Å². The second kappa shape index (κ2) is 8.61. The van der Waals surface area contributed by atoms with Crippen molar-refractivity contribution in [2.24, 2.45) is 7.05 Å².